The molecule has 1 amide bonds. The molecule has 0 atom stereocenters. The first-order chi connectivity index (χ1) is 14.9. The molecule has 1 aromatic heterocycles. The van der Waals surface area contributed by atoms with Gasteiger partial charge in [-0.25, -0.2) is 9.07 Å². The van der Waals surface area contributed by atoms with Crippen LogP contribution in [-0.4, -0.2) is 33.3 Å². The van der Waals surface area contributed by atoms with Gasteiger partial charge in [0.25, 0.3) is 5.56 Å². The van der Waals surface area contributed by atoms with Gasteiger partial charge < -0.3 is 5.32 Å². The molecule has 1 saturated heterocycles. The highest BCUT2D eigenvalue weighted by atomic mass is 19.1. The molecule has 6 nitrogen and oxygen atoms in total. The van der Waals surface area contributed by atoms with Crippen molar-refractivity contribution in [2.45, 2.75) is 26.3 Å². The molecule has 1 fully saturated rings. The van der Waals surface area contributed by atoms with E-state index in [1.54, 1.807) is 21.5 Å². The summed E-state index contributed by atoms with van der Waals surface area (Å²) in [6.45, 7) is 4.16. The lowest BCUT2D eigenvalue weighted by Gasteiger charge is -2.31. The number of nitrogens with one attached hydrogen (secondary N) is 1. The molecule has 0 radical (unpaired) electrons. The number of carbonyl (C=O) groups excluding carboxylic acids is 1. The van der Waals surface area contributed by atoms with E-state index in [-0.39, 0.29) is 23.2 Å². The smallest absolute Gasteiger partial charge is 0.295 e. The second kappa shape index (κ2) is 8.89. The molecule has 0 saturated carbocycles. The fourth-order valence-corrected chi connectivity index (χ4v) is 4.14. The monoisotopic (exact) mass is 422 g/mol. The Hall–Kier alpha value is -3.19. The Labute approximate surface area is 180 Å². The number of amides is 1. The van der Waals surface area contributed by atoms with Crippen molar-refractivity contribution in [1.82, 2.24) is 14.3 Å². The van der Waals surface area contributed by atoms with Gasteiger partial charge in [0, 0.05) is 19.5 Å². The van der Waals surface area contributed by atoms with E-state index in [1.807, 2.05) is 44.3 Å². The van der Waals surface area contributed by atoms with Crippen molar-refractivity contribution in [2.75, 3.05) is 18.4 Å². The topological polar surface area (TPSA) is 59.3 Å². The SMILES string of the molecule is Cc1c(NC(=O)C2CCN(Cc3ccc(F)cc3)CC2)c(=O)n(-c2ccccc2)n1C. The Morgan fingerprint density at radius 3 is 2.35 bits per heavy atom. The highest BCUT2D eigenvalue weighted by Gasteiger charge is 2.27. The largest absolute Gasteiger partial charge is 0.320 e. The van der Waals surface area contributed by atoms with Crippen LogP contribution in [0.2, 0.25) is 0 Å². The Morgan fingerprint density at radius 1 is 1.06 bits per heavy atom. The molecule has 4 rings (SSSR count). The van der Waals surface area contributed by atoms with E-state index in [2.05, 4.69) is 10.2 Å². The summed E-state index contributed by atoms with van der Waals surface area (Å²) in [6.07, 6.45) is 1.46. The molecule has 3 aromatic rings. The van der Waals surface area contributed by atoms with Crippen molar-refractivity contribution in [2.24, 2.45) is 13.0 Å². The van der Waals surface area contributed by atoms with Gasteiger partial charge in [0.05, 0.1) is 11.4 Å². The van der Waals surface area contributed by atoms with Gasteiger partial charge in [0.2, 0.25) is 5.91 Å². The minimum atomic E-state index is -0.235. The summed E-state index contributed by atoms with van der Waals surface area (Å²) in [5, 5.41) is 2.90. The van der Waals surface area contributed by atoms with Crippen molar-refractivity contribution in [3.63, 3.8) is 0 Å². The highest BCUT2D eigenvalue weighted by molar-refractivity contribution is 5.93. The van der Waals surface area contributed by atoms with Gasteiger partial charge in [-0.1, -0.05) is 30.3 Å². The van der Waals surface area contributed by atoms with Crippen LogP contribution >= 0.6 is 0 Å². The predicted molar refractivity (Wildman–Crippen MR) is 119 cm³/mol. The van der Waals surface area contributed by atoms with Gasteiger partial charge >= 0.3 is 0 Å². The van der Waals surface area contributed by atoms with Crippen LogP contribution in [0.4, 0.5) is 10.1 Å². The first kappa shape index (κ1) is 21.1. The Kier molecular flexibility index (Phi) is 6.04. The first-order valence-electron chi connectivity index (χ1n) is 10.6. The Balaban J connectivity index is 1.40. The number of hydrogen-bond donors (Lipinski definition) is 1. The number of halogens is 1. The third-order valence-electron chi connectivity index (χ3n) is 6.08. The number of rotatable bonds is 5. The summed E-state index contributed by atoms with van der Waals surface area (Å²) in [5.41, 5.74) is 2.65. The zero-order chi connectivity index (χ0) is 22.0. The fraction of sp³-hybridized carbons (Fsp3) is 0.333. The number of anilines is 1. The third-order valence-corrected chi connectivity index (χ3v) is 6.08. The summed E-state index contributed by atoms with van der Waals surface area (Å²) in [7, 11) is 1.81. The van der Waals surface area contributed by atoms with Crippen LogP contribution in [0.3, 0.4) is 0 Å². The minimum Gasteiger partial charge on any atom is -0.320 e. The van der Waals surface area contributed by atoms with Crippen LogP contribution in [0.25, 0.3) is 5.69 Å². The molecule has 31 heavy (non-hydrogen) atoms. The normalized spacial score (nSPS) is 15.2. The maximum Gasteiger partial charge on any atom is 0.295 e. The summed E-state index contributed by atoms with van der Waals surface area (Å²) in [4.78, 5) is 28.2. The minimum absolute atomic E-state index is 0.104. The maximum atomic E-state index is 13.1. The van der Waals surface area contributed by atoms with Crippen LogP contribution in [0.15, 0.2) is 59.4 Å². The van der Waals surface area contributed by atoms with E-state index in [9.17, 15) is 14.0 Å². The molecule has 0 spiro atoms. The molecule has 2 heterocycles. The Morgan fingerprint density at radius 2 is 1.71 bits per heavy atom. The zero-order valence-electron chi connectivity index (χ0n) is 17.8. The average Bonchev–Trinajstić information content (AvgIpc) is 2.99. The van der Waals surface area contributed by atoms with Gasteiger partial charge in [-0.3, -0.25) is 19.2 Å². The number of hydrogen-bond acceptors (Lipinski definition) is 3. The Bertz CT molecular complexity index is 1110. The molecule has 7 heteroatoms. The lowest BCUT2D eigenvalue weighted by molar-refractivity contribution is -0.121. The lowest BCUT2D eigenvalue weighted by Crippen LogP contribution is -2.38. The number of carbonyl (C=O) groups is 1. The maximum absolute atomic E-state index is 13.1. The van der Waals surface area contributed by atoms with Crippen molar-refractivity contribution in [3.8, 4) is 5.69 Å². The highest BCUT2D eigenvalue weighted by Crippen LogP contribution is 2.22. The number of para-hydroxylation sites is 1. The molecular weight excluding hydrogens is 395 g/mol. The quantitative estimate of drug-likeness (QED) is 0.685. The predicted octanol–water partition coefficient (Wildman–Crippen LogP) is 3.47. The number of nitrogens with zero attached hydrogens (tertiary/aromatic N) is 3. The van der Waals surface area contributed by atoms with Crippen molar-refractivity contribution in [1.29, 1.82) is 0 Å². The number of aromatic nitrogens is 2. The van der Waals surface area contributed by atoms with Gasteiger partial charge in [-0.05, 0) is 62.7 Å². The number of benzene rings is 2. The van der Waals surface area contributed by atoms with Crippen LogP contribution in [0.1, 0.15) is 24.1 Å². The van der Waals surface area contributed by atoms with Crippen LogP contribution < -0.4 is 10.9 Å². The molecule has 2 aromatic carbocycles. The fourth-order valence-electron chi connectivity index (χ4n) is 4.14. The van der Waals surface area contributed by atoms with Crippen LogP contribution in [0, 0.1) is 18.7 Å². The molecule has 0 unspecified atom stereocenters. The third kappa shape index (κ3) is 4.46. The summed E-state index contributed by atoms with van der Waals surface area (Å²) in [5.74, 6) is -0.470. The number of likely N-dealkylation sites (tertiary alicyclic amines) is 1. The van der Waals surface area contributed by atoms with Gasteiger partial charge in [0.15, 0.2) is 0 Å². The lowest BCUT2D eigenvalue weighted by atomic mass is 9.95. The summed E-state index contributed by atoms with van der Waals surface area (Å²) >= 11 is 0. The molecule has 1 N–H and O–H groups in total. The van der Waals surface area contributed by atoms with E-state index in [1.165, 1.54) is 12.1 Å². The van der Waals surface area contributed by atoms with Crippen molar-refractivity contribution in [3.05, 3.63) is 82.0 Å². The van der Waals surface area contributed by atoms with Gasteiger partial charge in [0.1, 0.15) is 11.5 Å². The van der Waals surface area contributed by atoms with Gasteiger partial charge in [-0.15, -0.1) is 0 Å². The molecule has 0 bridgehead atoms. The molecular formula is C24H27FN4O2. The van der Waals surface area contributed by atoms with E-state index in [4.69, 9.17) is 0 Å². The van der Waals surface area contributed by atoms with Gasteiger partial charge in [-0.2, -0.15) is 0 Å². The van der Waals surface area contributed by atoms with E-state index < -0.39 is 0 Å². The summed E-state index contributed by atoms with van der Waals surface area (Å²) in [6, 6.07) is 15.9. The average molecular weight is 423 g/mol. The molecule has 1 aliphatic heterocycles. The van der Waals surface area contributed by atoms with Crippen molar-refractivity contribution >= 4 is 11.6 Å². The molecule has 1 aliphatic rings. The number of piperidine rings is 1. The first-order valence-corrected chi connectivity index (χ1v) is 10.6. The standard InChI is InChI=1S/C24H27FN4O2/c1-17-22(24(31)29(27(17)2)21-6-4-3-5-7-21)26-23(30)19-12-14-28(15-13-19)16-18-8-10-20(25)11-9-18/h3-11,19H,12-16H2,1-2H3,(H,26,30). The van der Waals surface area contributed by atoms with Crippen LogP contribution in [-0.2, 0) is 18.4 Å². The van der Waals surface area contributed by atoms with E-state index >= 15 is 0 Å². The van der Waals surface area contributed by atoms with E-state index in [0.717, 1.165) is 49.4 Å². The van der Waals surface area contributed by atoms with Crippen molar-refractivity contribution < 1.29 is 9.18 Å². The summed E-state index contributed by atoms with van der Waals surface area (Å²) < 4.78 is 16.4. The molecule has 162 valence electrons. The second-order valence-electron chi connectivity index (χ2n) is 8.10. The zero-order valence-corrected chi connectivity index (χ0v) is 17.8. The van der Waals surface area contributed by atoms with E-state index in [0.29, 0.717) is 5.69 Å². The second-order valence-corrected chi connectivity index (χ2v) is 8.10. The van der Waals surface area contributed by atoms with Crippen LogP contribution in [0.5, 0.6) is 0 Å². The molecule has 0 aliphatic carbocycles.